The van der Waals surface area contributed by atoms with E-state index in [4.69, 9.17) is 28.4 Å². The van der Waals surface area contributed by atoms with Gasteiger partial charge < -0.3 is 100 Å². The summed E-state index contributed by atoms with van der Waals surface area (Å²) in [5, 5.41) is 136. The number of carboxylic acids is 1. The van der Waals surface area contributed by atoms with Gasteiger partial charge in [0.05, 0.1) is 50.7 Å². The van der Waals surface area contributed by atoms with E-state index in [1.807, 2.05) is 6.08 Å². The van der Waals surface area contributed by atoms with Gasteiger partial charge in [0.2, 0.25) is 11.8 Å². The second kappa shape index (κ2) is 46.3. The summed E-state index contributed by atoms with van der Waals surface area (Å²) in [5.74, 6) is -6.14. The number of carbonyl (C=O) groups is 3. The van der Waals surface area contributed by atoms with E-state index in [1.165, 1.54) is 141 Å². The summed E-state index contributed by atoms with van der Waals surface area (Å²) in [6, 6.07) is -2.62. The van der Waals surface area contributed by atoms with Gasteiger partial charge in [-0.1, -0.05) is 192 Å². The summed E-state index contributed by atoms with van der Waals surface area (Å²) in [6.45, 7) is 2.11. The van der Waals surface area contributed by atoms with Gasteiger partial charge in [-0.25, -0.2) is 4.79 Å². The van der Waals surface area contributed by atoms with Crippen LogP contribution >= 0.6 is 0 Å². The summed E-state index contributed by atoms with van der Waals surface area (Å²) in [4.78, 5) is 38.5. The first-order valence-electron chi connectivity index (χ1n) is 33.7. The van der Waals surface area contributed by atoms with Gasteiger partial charge in [-0.15, -0.1) is 0 Å². The molecular weight excluding hydrogens is 1140 g/mol. The zero-order chi connectivity index (χ0) is 64.7. The molecule has 0 saturated carbocycles. The fraction of sp³-hybridized carbons (Fsp3) is 0.892. The van der Waals surface area contributed by atoms with Crippen LogP contribution < -0.4 is 10.6 Å². The van der Waals surface area contributed by atoms with Crippen LogP contribution in [-0.2, 0) is 42.8 Å². The Bertz CT molecular complexity index is 1890. The second-order valence-corrected chi connectivity index (χ2v) is 24.7. The number of allylic oxidation sites excluding steroid dienone is 3. The molecule has 3 rings (SSSR count). The third kappa shape index (κ3) is 29.0. The number of carboxylic acid groups (broad SMARTS) is 1. The van der Waals surface area contributed by atoms with Gasteiger partial charge in [0.25, 0.3) is 5.79 Å². The van der Waals surface area contributed by atoms with Crippen LogP contribution in [0.1, 0.15) is 233 Å². The predicted octanol–water partition coefficient (Wildman–Crippen LogP) is 5.28. The molecule has 3 aliphatic heterocycles. The third-order valence-electron chi connectivity index (χ3n) is 17.1. The van der Waals surface area contributed by atoms with Crippen molar-refractivity contribution in [2.24, 2.45) is 0 Å². The quantitative estimate of drug-likeness (QED) is 0.0272. The molecule has 14 N–H and O–H groups in total. The lowest BCUT2D eigenvalue weighted by Crippen LogP contribution is -2.70. The first kappa shape index (κ1) is 79.4. The molecule has 514 valence electrons. The number of amides is 2. The van der Waals surface area contributed by atoms with Crippen molar-refractivity contribution in [1.82, 2.24) is 10.6 Å². The highest BCUT2D eigenvalue weighted by molar-refractivity contribution is 5.77. The zero-order valence-corrected chi connectivity index (χ0v) is 53.3. The number of aliphatic hydroxyl groups excluding tert-OH is 11. The van der Waals surface area contributed by atoms with Crippen molar-refractivity contribution in [3.05, 3.63) is 24.3 Å². The first-order chi connectivity index (χ1) is 42.4. The molecule has 0 aromatic carbocycles. The lowest BCUT2D eigenvalue weighted by atomic mass is 9.88. The minimum Gasteiger partial charge on any atom is -0.477 e. The molecule has 3 fully saturated rings. The number of aliphatic hydroxyl groups is 11. The van der Waals surface area contributed by atoms with E-state index in [9.17, 15) is 75.7 Å². The Balaban J connectivity index is 1.60. The molecular formula is C65H118N2O21. The van der Waals surface area contributed by atoms with Crippen LogP contribution in [0.4, 0.5) is 0 Å². The average Bonchev–Trinajstić information content (AvgIpc) is 0.825. The van der Waals surface area contributed by atoms with E-state index in [-0.39, 0.29) is 12.3 Å². The van der Waals surface area contributed by atoms with E-state index in [2.05, 4.69) is 36.6 Å². The highest BCUT2D eigenvalue weighted by Crippen LogP contribution is 2.39. The molecule has 88 heavy (non-hydrogen) atoms. The van der Waals surface area contributed by atoms with Crippen molar-refractivity contribution in [2.45, 2.75) is 342 Å². The summed E-state index contributed by atoms with van der Waals surface area (Å²) in [6.07, 6.45) is 15.1. The molecule has 0 aromatic heterocycles. The SMILES string of the molecule is CCCCCCCC/C=C/CCCCCCCCCCCCCC(=O)NC(COC1OC(CO)C(OC2OC(CO)C(O)C(OC3(C(=O)O)CC(O)C(NC(C)=O)C(C(O)C(O)CO)O3)C2O)C(O)C1O)C(O)/C=C/CCCCCCCCCCCCC. The van der Waals surface area contributed by atoms with E-state index in [0.717, 1.165) is 51.9 Å². The van der Waals surface area contributed by atoms with Crippen LogP contribution in [0.15, 0.2) is 24.3 Å². The van der Waals surface area contributed by atoms with Gasteiger partial charge in [0, 0.05) is 19.8 Å². The van der Waals surface area contributed by atoms with E-state index >= 15 is 0 Å². The van der Waals surface area contributed by atoms with Gasteiger partial charge in [-0.3, -0.25) is 9.59 Å². The summed E-state index contributed by atoms with van der Waals surface area (Å²) in [7, 11) is 0. The van der Waals surface area contributed by atoms with Crippen molar-refractivity contribution >= 4 is 17.8 Å². The Morgan fingerprint density at radius 1 is 0.591 bits per heavy atom. The van der Waals surface area contributed by atoms with Crippen LogP contribution in [0, 0.1) is 0 Å². The van der Waals surface area contributed by atoms with Crippen molar-refractivity contribution in [3.63, 3.8) is 0 Å². The standard InChI is InChI=1S/C65H118N2O21/c1-4-6-8-10-12-14-16-18-19-20-21-22-23-24-25-27-29-31-33-35-37-39-52(75)67-46(47(72)38-36-34-32-30-28-26-17-15-13-11-9-7-5-2)44-83-62-57(79)56(78)59(51(43-70)85-62)86-63-58(80)61(55(77)50(42-69)84-63)88-65(64(81)82)40-48(73)53(66-45(3)71)60(87-65)54(76)49(74)41-68/h18-19,36,38,46-51,53-63,68-70,72-74,76-80H,4-17,20-35,37,39-44H2,1-3H3,(H,66,71)(H,67,75)(H,81,82)/b19-18+,38-36+. The average molecular weight is 1260 g/mol. The Kier molecular flexibility index (Phi) is 41.8. The molecule has 0 spiro atoms. The molecule has 2 amide bonds. The highest BCUT2D eigenvalue weighted by atomic mass is 16.8. The molecule has 23 nitrogen and oxygen atoms in total. The zero-order valence-electron chi connectivity index (χ0n) is 53.3. The Morgan fingerprint density at radius 2 is 1.07 bits per heavy atom. The van der Waals surface area contributed by atoms with Crippen LogP contribution in [0.25, 0.3) is 0 Å². The van der Waals surface area contributed by atoms with Gasteiger partial charge in [-0.2, -0.15) is 0 Å². The monoisotopic (exact) mass is 1260 g/mol. The minimum absolute atomic E-state index is 0.200. The number of hydrogen-bond acceptors (Lipinski definition) is 20. The van der Waals surface area contributed by atoms with Crippen molar-refractivity contribution in [1.29, 1.82) is 0 Å². The van der Waals surface area contributed by atoms with Crippen molar-refractivity contribution < 1.29 is 104 Å². The fourth-order valence-electron chi connectivity index (χ4n) is 11.7. The minimum atomic E-state index is -3.08. The number of rotatable bonds is 50. The molecule has 23 heteroatoms. The van der Waals surface area contributed by atoms with E-state index in [1.54, 1.807) is 6.08 Å². The van der Waals surface area contributed by atoms with Crippen LogP contribution in [0.2, 0.25) is 0 Å². The molecule has 18 unspecified atom stereocenters. The van der Waals surface area contributed by atoms with Crippen molar-refractivity contribution in [3.8, 4) is 0 Å². The molecule has 3 heterocycles. The predicted molar refractivity (Wildman–Crippen MR) is 329 cm³/mol. The maximum atomic E-state index is 13.4. The van der Waals surface area contributed by atoms with E-state index in [0.29, 0.717) is 12.8 Å². The molecule has 0 bridgehead atoms. The number of unbranched alkanes of at least 4 members (excludes halogenated alkanes) is 28. The lowest BCUT2D eigenvalue weighted by Gasteiger charge is -2.50. The van der Waals surface area contributed by atoms with Crippen molar-refractivity contribution in [2.75, 3.05) is 26.4 Å². The van der Waals surface area contributed by atoms with Crippen LogP contribution in [0.3, 0.4) is 0 Å². The molecule has 18 atom stereocenters. The number of ether oxygens (including phenoxy) is 6. The molecule has 0 aromatic rings. The maximum absolute atomic E-state index is 13.4. The highest BCUT2D eigenvalue weighted by Gasteiger charge is 2.60. The molecule has 3 saturated heterocycles. The molecule has 0 aliphatic carbocycles. The smallest absolute Gasteiger partial charge is 0.364 e. The summed E-state index contributed by atoms with van der Waals surface area (Å²) in [5.41, 5.74) is 0. The maximum Gasteiger partial charge on any atom is 0.364 e. The normalized spacial score (nSPS) is 29.1. The molecule has 0 radical (unpaired) electrons. The number of carbonyl (C=O) groups excluding carboxylic acids is 2. The largest absolute Gasteiger partial charge is 0.477 e. The van der Waals surface area contributed by atoms with Gasteiger partial charge >= 0.3 is 5.97 Å². The Labute approximate surface area is 523 Å². The number of aliphatic carboxylic acids is 1. The Hall–Kier alpha value is -2.79. The van der Waals surface area contributed by atoms with Crippen LogP contribution in [-0.4, -0.2) is 215 Å². The fourth-order valence-corrected chi connectivity index (χ4v) is 11.7. The third-order valence-corrected chi connectivity index (χ3v) is 17.1. The summed E-state index contributed by atoms with van der Waals surface area (Å²) >= 11 is 0. The van der Waals surface area contributed by atoms with Gasteiger partial charge in [0.15, 0.2) is 12.6 Å². The Morgan fingerprint density at radius 3 is 1.55 bits per heavy atom. The molecule has 3 aliphatic rings. The second-order valence-electron chi connectivity index (χ2n) is 24.7. The summed E-state index contributed by atoms with van der Waals surface area (Å²) < 4.78 is 34.7. The number of hydrogen-bond donors (Lipinski definition) is 14. The first-order valence-corrected chi connectivity index (χ1v) is 33.7. The lowest BCUT2D eigenvalue weighted by molar-refractivity contribution is -0.386. The topological polar surface area (TPSA) is 373 Å². The van der Waals surface area contributed by atoms with E-state index < -0.39 is 155 Å². The van der Waals surface area contributed by atoms with Crippen LogP contribution in [0.5, 0.6) is 0 Å². The van der Waals surface area contributed by atoms with Gasteiger partial charge in [-0.05, 0) is 44.9 Å². The van der Waals surface area contributed by atoms with Gasteiger partial charge in [0.1, 0.15) is 67.1 Å². The number of nitrogens with one attached hydrogen (secondary N) is 2.